The van der Waals surface area contributed by atoms with Gasteiger partial charge in [-0.05, 0) is 32.7 Å². The molecular formula is C42H32O6. The van der Waals surface area contributed by atoms with Gasteiger partial charge >= 0.3 is 11.9 Å². The normalized spacial score (nSPS) is 12.4. The zero-order valence-electron chi connectivity index (χ0n) is 26.0. The lowest BCUT2D eigenvalue weighted by atomic mass is 9.95. The van der Waals surface area contributed by atoms with Crippen LogP contribution in [0.15, 0.2) is 158 Å². The molecule has 0 aliphatic rings. The highest BCUT2D eigenvalue weighted by Crippen LogP contribution is 2.24. The number of benzene rings is 6. The van der Waals surface area contributed by atoms with Crippen LogP contribution in [0.4, 0.5) is 0 Å². The van der Waals surface area contributed by atoms with Crippen LogP contribution in [0.5, 0.6) is 0 Å². The van der Waals surface area contributed by atoms with E-state index in [-0.39, 0.29) is 24.4 Å². The molecule has 6 rings (SSSR count). The molecule has 0 saturated heterocycles. The molecular weight excluding hydrogens is 600 g/mol. The van der Waals surface area contributed by atoms with Crippen LogP contribution in [0.1, 0.15) is 31.8 Å². The Morgan fingerprint density at radius 3 is 1.21 bits per heavy atom. The maximum Gasteiger partial charge on any atom is 0.331 e. The molecule has 0 heterocycles. The summed E-state index contributed by atoms with van der Waals surface area (Å²) in [6.07, 6.45) is -0.149. The van der Waals surface area contributed by atoms with Crippen molar-refractivity contribution in [1.82, 2.24) is 0 Å². The maximum atomic E-state index is 13.8. The Morgan fingerprint density at radius 2 is 0.792 bits per heavy atom. The molecule has 0 spiro atoms. The largest absolute Gasteiger partial charge is 0.450 e. The molecule has 48 heavy (non-hydrogen) atoms. The first-order valence-corrected chi connectivity index (χ1v) is 15.7. The van der Waals surface area contributed by atoms with Crippen molar-refractivity contribution in [3.05, 3.63) is 180 Å². The van der Waals surface area contributed by atoms with Crippen molar-refractivity contribution >= 4 is 45.0 Å². The number of esters is 2. The molecule has 2 atom stereocenters. The quantitative estimate of drug-likeness (QED) is 0.0774. The van der Waals surface area contributed by atoms with Crippen LogP contribution in [-0.2, 0) is 31.9 Å². The van der Waals surface area contributed by atoms with Gasteiger partial charge in [0.25, 0.3) is 0 Å². The topological polar surface area (TPSA) is 86.7 Å². The Bertz CT molecular complexity index is 1950. The molecule has 0 bridgehead atoms. The van der Waals surface area contributed by atoms with Gasteiger partial charge < -0.3 is 9.47 Å². The summed E-state index contributed by atoms with van der Waals surface area (Å²) in [5, 5.41) is 3.27. The van der Waals surface area contributed by atoms with Gasteiger partial charge in [0, 0.05) is 36.1 Å². The van der Waals surface area contributed by atoms with Gasteiger partial charge in [0.05, 0.1) is 0 Å². The van der Waals surface area contributed by atoms with E-state index in [0.29, 0.717) is 11.1 Å². The summed E-state index contributed by atoms with van der Waals surface area (Å²) >= 11 is 0. The number of carbonyl (C=O) groups excluding carboxylic acids is 4. The van der Waals surface area contributed by atoms with Gasteiger partial charge in [0.15, 0.2) is 12.2 Å². The third kappa shape index (κ3) is 7.62. The number of ether oxygens (including phenoxy) is 2. The first-order valence-electron chi connectivity index (χ1n) is 15.7. The Hall–Kier alpha value is -6.14. The molecule has 6 aromatic rings. The van der Waals surface area contributed by atoms with E-state index in [4.69, 9.17) is 9.47 Å². The molecule has 6 heteroatoms. The lowest BCUT2D eigenvalue weighted by molar-refractivity contribution is -0.143. The molecule has 0 N–H and O–H groups in total. The Kier molecular flexibility index (Phi) is 9.92. The fraction of sp³-hybridized carbons (Fsp3) is 0.0952. The molecule has 6 aromatic carbocycles. The summed E-state index contributed by atoms with van der Waals surface area (Å²) in [7, 11) is 0. The Morgan fingerprint density at radius 1 is 0.438 bits per heavy atom. The molecule has 0 fully saturated rings. The second-order valence-corrected chi connectivity index (χ2v) is 11.3. The van der Waals surface area contributed by atoms with Crippen LogP contribution in [0.25, 0.3) is 21.5 Å². The van der Waals surface area contributed by atoms with Gasteiger partial charge in [-0.1, -0.05) is 146 Å². The number of rotatable bonds is 12. The van der Waals surface area contributed by atoms with Crippen molar-refractivity contribution in [2.75, 3.05) is 0 Å². The van der Waals surface area contributed by atoms with Gasteiger partial charge in [-0.3, -0.25) is 9.59 Å². The number of Topliss-reactive ketones (excluding diaryl/α,β-unsaturated/α-hetero) is 2. The standard InChI is InChI=1S/C42H32O6/c43-39(47-37(27-29-13-3-1-4-14-29)41(45)35-23-11-19-31-17-7-9-21-33(31)35)25-26-40(44)48-38(28-30-15-5-2-6-16-30)42(46)36-24-12-20-32-18-8-10-22-34(32)36/h1-26,37-38H,27-28H2/b26-25+. The molecule has 0 aliphatic carbocycles. The van der Waals surface area contributed by atoms with E-state index in [9.17, 15) is 19.2 Å². The van der Waals surface area contributed by atoms with E-state index in [1.165, 1.54) is 0 Å². The van der Waals surface area contributed by atoms with Crippen molar-refractivity contribution in [2.45, 2.75) is 25.0 Å². The second-order valence-electron chi connectivity index (χ2n) is 11.3. The van der Waals surface area contributed by atoms with Gasteiger partial charge in [-0.2, -0.15) is 0 Å². The third-order valence-electron chi connectivity index (χ3n) is 8.10. The maximum absolute atomic E-state index is 13.8. The van der Waals surface area contributed by atoms with Crippen LogP contribution >= 0.6 is 0 Å². The summed E-state index contributed by atoms with van der Waals surface area (Å²) in [5.74, 6) is -2.49. The van der Waals surface area contributed by atoms with Crippen molar-refractivity contribution in [3.63, 3.8) is 0 Å². The summed E-state index contributed by atoms with van der Waals surface area (Å²) in [5.41, 5.74) is 2.48. The minimum atomic E-state index is -1.15. The summed E-state index contributed by atoms with van der Waals surface area (Å²) in [4.78, 5) is 53.8. The second kappa shape index (κ2) is 15.0. The molecule has 0 saturated carbocycles. The molecule has 0 radical (unpaired) electrons. The minimum Gasteiger partial charge on any atom is -0.450 e. The predicted octanol–water partition coefficient (Wildman–Crippen LogP) is 7.92. The molecule has 236 valence electrons. The molecule has 2 unspecified atom stereocenters. The van der Waals surface area contributed by atoms with Crippen molar-refractivity contribution in [1.29, 1.82) is 0 Å². The van der Waals surface area contributed by atoms with Crippen molar-refractivity contribution < 1.29 is 28.7 Å². The summed E-state index contributed by atoms with van der Waals surface area (Å²) < 4.78 is 11.4. The number of ketones is 2. The van der Waals surface area contributed by atoms with Crippen LogP contribution in [-0.4, -0.2) is 35.7 Å². The molecule has 0 aliphatic heterocycles. The number of carbonyl (C=O) groups is 4. The Labute approximate surface area is 278 Å². The molecule has 0 aromatic heterocycles. The number of fused-ring (bicyclic) bond motifs is 2. The van der Waals surface area contributed by atoms with Crippen LogP contribution in [0.3, 0.4) is 0 Å². The van der Waals surface area contributed by atoms with Gasteiger partial charge in [0.1, 0.15) is 0 Å². The van der Waals surface area contributed by atoms with Gasteiger partial charge in [-0.25, -0.2) is 9.59 Å². The number of hydrogen-bond acceptors (Lipinski definition) is 6. The van der Waals surface area contributed by atoms with E-state index in [1.807, 2.05) is 121 Å². The minimum absolute atomic E-state index is 0.144. The zero-order valence-corrected chi connectivity index (χ0v) is 26.0. The third-order valence-corrected chi connectivity index (χ3v) is 8.10. The van der Waals surface area contributed by atoms with Crippen molar-refractivity contribution in [3.8, 4) is 0 Å². The monoisotopic (exact) mass is 632 g/mol. The lowest BCUT2D eigenvalue weighted by Gasteiger charge is -2.18. The SMILES string of the molecule is O=C(/C=C/C(=O)OC(Cc1ccccc1)C(=O)c1cccc2ccccc12)OC(Cc1ccccc1)C(=O)c1cccc2ccccc12. The van der Waals surface area contributed by atoms with E-state index >= 15 is 0 Å². The average Bonchev–Trinajstić information content (AvgIpc) is 3.13. The molecule has 6 nitrogen and oxygen atoms in total. The Balaban J connectivity index is 1.21. The highest BCUT2D eigenvalue weighted by molar-refractivity contribution is 6.12. The van der Waals surface area contributed by atoms with Crippen LogP contribution < -0.4 is 0 Å². The summed E-state index contributed by atoms with van der Waals surface area (Å²) in [6.45, 7) is 0. The highest BCUT2D eigenvalue weighted by atomic mass is 16.6. The predicted molar refractivity (Wildman–Crippen MR) is 186 cm³/mol. The fourth-order valence-electron chi connectivity index (χ4n) is 5.75. The van der Waals surface area contributed by atoms with E-state index in [2.05, 4.69) is 0 Å². The van der Waals surface area contributed by atoms with E-state index in [0.717, 1.165) is 44.8 Å². The van der Waals surface area contributed by atoms with Gasteiger partial charge in [0.2, 0.25) is 11.6 Å². The van der Waals surface area contributed by atoms with Gasteiger partial charge in [-0.15, -0.1) is 0 Å². The van der Waals surface area contributed by atoms with E-state index in [1.54, 1.807) is 24.3 Å². The van der Waals surface area contributed by atoms with E-state index < -0.39 is 24.1 Å². The fourth-order valence-corrected chi connectivity index (χ4v) is 5.75. The van der Waals surface area contributed by atoms with Crippen LogP contribution in [0.2, 0.25) is 0 Å². The summed E-state index contributed by atoms with van der Waals surface area (Å²) in [6, 6.07) is 44.3. The lowest BCUT2D eigenvalue weighted by Crippen LogP contribution is -2.30. The van der Waals surface area contributed by atoms with Crippen LogP contribution in [0, 0.1) is 0 Å². The smallest absolute Gasteiger partial charge is 0.331 e. The number of hydrogen-bond donors (Lipinski definition) is 0. The first-order chi connectivity index (χ1) is 23.5. The first kappa shape index (κ1) is 31.8. The average molecular weight is 633 g/mol. The zero-order chi connectivity index (χ0) is 33.3. The molecule has 0 amide bonds. The highest BCUT2D eigenvalue weighted by Gasteiger charge is 2.27. The van der Waals surface area contributed by atoms with Crippen molar-refractivity contribution in [2.24, 2.45) is 0 Å².